The zero-order chi connectivity index (χ0) is 22.2. The monoisotopic (exact) mass is 429 g/mol. The maximum atomic E-state index is 13.2. The van der Waals surface area contributed by atoms with E-state index in [4.69, 9.17) is 10.8 Å². The van der Waals surface area contributed by atoms with E-state index in [9.17, 15) is 4.79 Å². The summed E-state index contributed by atoms with van der Waals surface area (Å²) in [5.74, 6) is 0.141. The first-order chi connectivity index (χ1) is 15.5. The minimum Gasteiger partial charge on any atom is -0.369 e. The second-order valence-electron chi connectivity index (χ2n) is 8.41. The third-order valence-electron chi connectivity index (χ3n) is 6.00. The van der Waals surface area contributed by atoms with Gasteiger partial charge in [-0.2, -0.15) is 0 Å². The first-order valence-electron chi connectivity index (χ1n) is 11.0. The molecule has 1 fully saturated rings. The van der Waals surface area contributed by atoms with E-state index in [-0.39, 0.29) is 11.6 Å². The molecule has 1 aromatic carbocycles. The molecular weight excluding hydrogens is 402 g/mol. The van der Waals surface area contributed by atoms with E-state index in [0.29, 0.717) is 17.9 Å². The van der Waals surface area contributed by atoms with Crippen LogP contribution in [0.15, 0.2) is 47.3 Å². The molecule has 0 aliphatic carbocycles. The second-order valence-corrected chi connectivity index (χ2v) is 8.41. The van der Waals surface area contributed by atoms with Gasteiger partial charge in [-0.05, 0) is 57.5 Å². The van der Waals surface area contributed by atoms with E-state index < -0.39 is 0 Å². The van der Waals surface area contributed by atoms with E-state index >= 15 is 0 Å². The van der Waals surface area contributed by atoms with Gasteiger partial charge in [0.25, 0.3) is 0 Å². The van der Waals surface area contributed by atoms with Gasteiger partial charge in [0.05, 0.1) is 17.8 Å². The zero-order valence-corrected chi connectivity index (χ0v) is 18.5. The minimum absolute atomic E-state index is 0.141. The highest BCUT2D eigenvalue weighted by atomic mass is 16.2. The third kappa shape index (κ3) is 3.67. The van der Waals surface area contributed by atoms with Gasteiger partial charge >= 0.3 is 5.69 Å². The summed E-state index contributed by atoms with van der Waals surface area (Å²) in [5, 5.41) is 4.76. The molecule has 0 unspecified atom stereocenters. The maximum Gasteiger partial charge on any atom is 0.353 e. The molecule has 0 spiro atoms. The largest absolute Gasteiger partial charge is 0.369 e. The highest BCUT2D eigenvalue weighted by Gasteiger charge is 2.22. The Hall–Kier alpha value is -3.52. The molecule has 0 atom stereocenters. The number of benzene rings is 1. The molecule has 0 amide bonds. The molecule has 1 saturated heterocycles. The van der Waals surface area contributed by atoms with Crippen molar-refractivity contribution in [3.8, 4) is 22.4 Å². The molecular formula is C24H27N7O. The number of fused-ring (bicyclic) bond motifs is 1. The average molecular weight is 430 g/mol. The van der Waals surface area contributed by atoms with Crippen molar-refractivity contribution in [2.24, 2.45) is 0 Å². The number of hydrogen-bond donors (Lipinski definition) is 1. The van der Waals surface area contributed by atoms with Gasteiger partial charge in [0, 0.05) is 23.5 Å². The minimum atomic E-state index is -0.257. The number of nitrogens with two attached hydrogens (primary N) is 1. The number of aryl methyl sites for hydroxylation is 2. The number of aromatic nitrogens is 5. The topological polar surface area (TPSA) is 94.3 Å². The van der Waals surface area contributed by atoms with E-state index in [1.165, 1.54) is 21.9 Å². The number of likely N-dealkylation sites (tertiary alicyclic amines) is 1. The van der Waals surface area contributed by atoms with Crippen molar-refractivity contribution in [1.29, 1.82) is 0 Å². The van der Waals surface area contributed by atoms with Crippen molar-refractivity contribution in [2.75, 3.05) is 25.4 Å². The number of hydrogen-bond acceptors (Lipinski definition) is 6. The van der Waals surface area contributed by atoms with Crippen LogP contribution in [0.1, 0.15) is 24.2 Å². The fourth-order valence-corrected chi connectivity index (χ4v) is 4.54. The Morgan fingerprint density at radius 3 is 2.31 bits per heavy atom. The zero-order valence-electron chi connectivity index (χ0n) is 18.5. The average Bonchev–Trinajstić information content (AvgIpc) is 3.40. The SMILES string of the molecule is Cc1cc(-c2c(-c3ccccc3)nc(N)n3c(=O)n(CCN4CCCC4)nc23)cc(C)n1. The predicted octanol–water partition coefficient (Wildman–Crippen LogP) is 2.91. The summed E-state index contributed by atoms with van der Waals surface area (Å²) < 4.78 is 2.95. The first kappa shape index (κ1) is 20.4. The van der Waals surface area contributed by atoms with Crippen LogP contribution < -0.4 is 11.4 Å². The molecule has 4 aromatic rings. The van der Waals surface area contributed by atoms with Crippen molar-refractivity contribution >= 4 is 11.6 Å². The lowest BCUT2D eigenvalue weighted by Gasteiger charge is -2.13. The van der Waals surface area contributed by atoms with Gasteiger partial charge in [0.1, 0.15) is 0 Å². The first-order valence-corrected chi connectivity index (χ1v) is 11.0. The standard InChI is InChI=1S/C24H27N7O/c1-16-14-19(15-17(2)26-16)20-21(18-8-4-3-5-9-18)27-23(25)31-22(20)28-30(24(31)32)13-12-29-10-6-7-11-29/h3-5,8-9,14-15H,6-7,10-13H2,1-2H3,(H2,25,27). The van der Waals surface area contributed by atoms with Gasteiger partial charge in [-0.15, -0.1) is 5.10 Å². The molecule has 8 heteroatoms. The molecule has 5 rings (SSSR count). The number of rotatable bonds is 5. The van der Waals surface area contributed by atoms with Gasteiger partial charge in [-0.3, -0.25) is 4.98 Å². The van der Waals surface area contributed by atoms with Crippen LogP contribution in [-0.4, -0.2) is 48.7 Å². The quantitative estimate of drug-likeness (QED) is 0.524. The lowest BCUT2D eigenvalue weighted by Crippen LogP contribution is -2.30. The molecule has 0 saturated carbocycles. The van der Waals surface area contributed by atoms with Gasteiger partial charge in [0.15, 0.2) is 5.65 Å². The van der Waals surface area contributed by atoms with Crippen molar-refractivity contribution in [3.05, 3.63) is 64.3 Å². The molecule has 3 aromatic heterocycles. The van der Waals surface area contributed by atoms with Crippen LogP contribution in [0.5, 0.6) is 0 Å². The second kappa shape index (κ2) is 8.20. The molecule has 32 heavy (non-hydrogen) atoms. The van der Waals surface area contributed by atoms with E-state index in [1.54, 1.807) is 0 Å². The lowest BCUT2D eigenvalue weighted by atomic mass is 9.99. The van der Waals surface area contributed by atoms with Crippen molar-refractivity contribution < 1.29 is 0 Å². The Morgan fingerprint density at radius 2 is 1.62 bits per heavy atom. The third-order valence-corrected chi connectivity index (χ3v) is 6.00. The summed E-state index contributed by atoms with van der Waals surface area (Å²) in [7, 11) is 0. The summed E-state index contributed by atoms with van der Waals surface area (Å²) >= 11 is 0. The maximum absolute atomic E-state index is 13.2. The molecule has 2 N–H and O–H groups in total. The normalized spacial score (nSPS) is 14.4. The van der Waals surface area contributed by atoms with E-state index in [0.717, 1.165) is 47.7 Å². The van der Waals surface area contributed by atoms with Gasteiger partial charge < -0.3 is 10.6 Å². The van der Waals surface area contributed by atoms with Crippen LogP contribution in [0.25, 0.3) is 28.0 Å². The highest BCUT2D eigenvalue weighted by Crippen LogP contribution is 2.34. The Labute approximate surface area is 186 Å². The molecule has 1 aliphatic heterocycles. The fraction of sp³-hybridized carbons (Fsp3) is 0.333. The molecule has 164 valence electrons. The van der Waals surface area contributed by atoms with Crippen LogP contribution in [0.4, 0.5) is 5.95 Å². The molecule has 0 bridgehead atoms. The van der Waals surface area contributed by atoms with Crippen LogP contribution in [0.2, 0.25) is 0 Å². The molecule has 1 aliphatic rings. The van der Waals surface area contributed by atoms with Crippen molar-refractivity contribution in [1.82, 2.24) is 29.0 Å². The van der Waals surface area contributed by atoms with E-state index in [1.807, 2.05) is 56.3 Å². The van der Waals surface area contributed by atoms with Crippen molar-refractivity contribution in [3.63, 3.8) is 0 Å². The fourth-order valence-electron chi connectivity index (χ4n) is 4.54. The van der Waals surface area contributed by atoms with Crippen LogP contribution in [-0.2, 0) is 6.54 Å². The van der Waals surface area contributed by atoms with Gasteiger partial charge in [-0.25, -0.2) is 18.9 Å². The summed E-state index contributed by atoms with van der Waals surface area (Å²) in [6, 6.07) is 13.9. The summed E-state index contributed by atoms with van der Waals surface area (Å²) in [5.41, 5.74) is 11.7. The molecule has 0 radical (unpaired) electrons. The lowest BCUT2D eigenvalue weighted by molar-refractivity contribution is 0.313. The Balaban J connectivity index is 1.73. The van der Waals surface area contributed by atoms with Crippen LogP contribution in [0, 0.1) is 13.8 Å². The summed E-state index contributed by atoms with van der Waals surface area (Å²) in [6.45, 7) is 7.39. The number of nitrogen functional groups attached to an aromatic ring is 1. The number of pyridine rings is 1. The predicted molar refractivity (Wildman–Crippen MR) is 125 cm³/mol. The van der Waals surface area contributed by atoms with Crippen LogP contribution >= 0.6 is 0 Å². The summed E-state index contributed by atoms with van der Waals surface area (Å²) in [6.07, 6.45) is 2.42. The van der Waals surface area contributed by atoms with Gasteiger partial charge in [-0.1, -0.05) is 30.3 Å². The number of nitrogens with zero attached hydrogens (tertiary/aromatic N) is 6. The number of anilines is 1. The Bertz CT molecular complexity index is 1310. The van der Waals surface area contributed by atoms with Crippen LogP contribution in [0.3, 0.4) is 0 Å². The Kier molecular flexibility index (Phi) is 5.22. The van der Waals surface area contributed by atoms with E-state index in [2.05, 4.69) is 14.9 Å². The summed E-state index contributed by atoms with van der Waals surface area (Å²) in [4.78, 5) is 24.8. The molecule has 4 heterocycles. The molecule has 8 nitrogen and oxygen atoms in total. The van der Waals surface area contributed by atoms with Crippen molar-refractivity contribution in [2.45, 2.75) is 33.2 Å². The smallest absolute Gasteiger partial charge is 0.353 e. The van der Waals surface area contributed by atoms with Gasteiger partial charge in [0.2, 0.25) is 5.95 Å². The highest BCUT2D eigenvalue weighted by molar-refractivity contribution is 5.90. The Morgan fingerprint density at radius 1 is 0.938 bits per heavy atom.